The monoisotopic (exact) mass is 402 g/mol. The van der Waals surface area contributed by atoms with E-state index in [2.05, 4.69) is 26.3 Å². The third-order valence-electron chi connectivity index (χ3n) is 6.29. The number of rotatable bonds is 4. The molecule has 2 fully saturated rings. The zero-order valence-corrected chi connectivity index (χ0v) is 17.6. The number of aliphatic hydroxyl groups is 1. The molecule has 2 aliphatic rings. The molecule has 6 nitrogen and oxygen atoms in total. The van der Waals surface area contributed by atoms with Crippen LogP contribution in [0.15, 0.2) is 17.8 Å². The van der Waals surface area contributed by atoms with Gasteiger partial charge in [0.25, 0.3) is 5.91 Å². The van der Waals surface area contributed by atoms with Gasteiger partial charge in [0, 0.05) is 25.2 Å². The van der Waals surface area contributed by atoms with Crippen LogP contribution in [0.4, 0.5) is 5.82 Å². The van der Waals surface area contributed by atoms with Crippen LogP contribution in [0.2, 0.25) is 0 Å². The van der Waals surface area contributed by atoms with E-state index in [0.717, 1.165) is 61.2 Å². The van der Waals surface area contributed by atoms with Crippen molar-refractivity contribution in [1.29, 1.82) is 0 Å². The van der Waals surface area contributed by atoms with Gasteiger partial charge >= 0.3 is 0 Å². The molecule has 0 saturated carbocycles. The Balaban J connectivity index is 1.53. The van der Waals surface area contributed by atoms with Gasteiger partial charge in [0.2, 0.25) is 0 Å². The predicted molar refractivity (Wildman–Crippen MR) is 113 cm³/mol. The minimum Gasteiger partial charge on any atom is -0.383 e. The molecule has 4 heterocycles. The smallest absolute Gasteiger partial charge is 0.251 e. The van der Waals surface area contributed by atoms with E-state index in [9.17, 15) is 9.90 Å². The van der Waals surface area contributed by atoms with Crippen LogP contribution in [0.1, 0.15) is 52.4 Å². The van der Waals surface area contributed by atoms with E-state index in [1.54, 1.807) is 17.7 Å². The van der Waals surface area contributed by atoms with Gasteiger partial charge in [-0.1, -0.05) is 13.8 Å². The van der Waals surface area contributed by atoms with Gasteiger partial charge in [-0.2, -0.15) is 0 Å². The van der Waals surface area contributed by atoms with E-state index in [-0.39, 0.29) is 11.4 Å². The third-order valence-corrected chi connectivity index (χ3v) is 7.18. The zero-order chi connectivity index (χ0) is 19.7. The number of carbonyl (C=O) groups excluding carboxylic acids is 1. The number of hydrogen-bond donors (Lipinski definition) is 1. The van der Waals surface area contributed by atoms with Crippen LogP contribution < -0.4 is 4.90 Å². The van der Waals surface area contributed by atoms with Crippen molar-refractivity contribution in [2.24, 2.45) is 5.92 Å². The zero-order valence-electron chi connectivity index (χ0n) is 16.8. The number of thiophene rings is 1. The Labute approximate surface area is 170 Å². The standard InChI is InChI=1S/C21H30N4O2S/c1-15(2)13-17(26)20(27)24-9-3-6-21(8-11-24)7-4-10-25(21)19-18-16(5-12-28-18)22-14-23-19/h5,12,14-15,17,26H,3-4,6-11,13H2,1-2H3. The first-order valence-corrected chi connectivity index (χ1v) is 11.3. The summed E-state index contributed by atoms with van der Waals surface area (Å²) in [6.45, 7) is 6.54. The van der Waals surface area contributed by atoms with Crippen LogP contribution >= 0.6 is 11.3 Å². The molecule has 0 bridgehead atoms. The lowest BCUT2D eigenvalue weighted by Crippen LogP contribution is -2.46. The number of aliphatic hydroxyl groups excluding tert-OH is 1. The highest BCUT2D eigenvalue weighted by molar-refractivity contribution is 7.17. The Kier molecular flexibility index (Phi) is 5.56. The lowest BCUT2D eigenvalue weighted by atomic mass is 9.87. The first kappa shape index (κ1) is 19.6. The molecule has 7 heteroatoms. The second-order valence-electron chi connectivity index (χ2n) is 8.64. The lowest BCUT2D eigenvalue weighted by Gasteiger charge is -2.39. The maximum absolute atomic E-state index is 12.7. The number of nitrogens with zero attached hydrogens (tertiary/aromatic N) is 4. The lowest BCUT2D eigenvalue weighted by molar-refractivity contribution is -0.140. The fourth-order valence-electron chi connectivity index (χ4n) is 4.91. The maximum atomic E-state index is 12.7. The Morgan fingerprint density at radius 1 is 1.21 bits per heavy atom. The largest absolute Gasteiger partial charge is 0.383 e. The summed E-state index contributed by atoms with van der Waals surface area (Å²) in [5, 5.41) is 12.4. The summed E-state index contributed by atoms with van der Waals surface area (Å²) in [6, 6.07) is 2.05. The molecule has 152 valence electrons. The molecular weight excluding hydrogens is 372 g/mol. The van der Waals surface area contributed by atoms with Gasteiger partial charge < -0.3 is 14.9 Å². The number of likely N-dealkylation sites (tertiary alicyclic amines) is 1. The Morgan fingerprint density at radius 2 is 2.00 bits per heavy atom. The molecule has 0 aliphatic carbocycles. The normalized spacial score (nSPS) is 24.3. The molecule has 2 aromatic heterocycles. The third kappa shape index (κ3) is 3.62. The molecule has 0 radical (unpaired) electrons. The topological polar surface area (TPSA) is 69.6 Å². The predicted octanol–water partition coefficient (Wildman–Crippen LogP) is 3.45. The molecule has 28 heavy (non-hydrogen) atoms. The highest BCUT2D eigenvalue weighted by Crippen LogP contribution is 2.43. The molecule has 2 unspecified atom stereocenters. The van der Waals surface area contributed by atoms with Crippen LogP contribution in [0.3, 0.4) is 0 Å². The summed E-state index contributed by atoms with van der Waals surface area (Å²) < 4.78 is 1.16. The molecule has 2 aromatic rings. The minimum atomic E-state index is -0.874. The molecule has 1 amide bonds. The highest BCUT2D eigenvalue weighted by atomic mass is 32.1. The first-order chi connectivity index (χ1) is 13.5. The molecule has 0 aromatic carbocycles. The second kappa shape index (κ2) is 7.95. The number of carbonyl (C=O) groups is 1. The summed E-state index contributed by atoms with van der Waals surface area (Å²) in [7, 11) is 0. The summed E-state index contributed by atoms with van der Waals surface area (Å²) in [6.07, 6.45) is 6.59. The Hall–Kier alpha value is -1.73. The van der Waals surface area contributed by atoms with Gasteiger partial charge in [0.1, 0.15) is 18.2 Å². The van der Waals surface area contributed by atoms with Gasteiger partial charge in [0.05, 0.1) is 10.2 Å². The van der Waals surface area contributed by atoms with Crippen molar-refractivity contribution in [3.63, 3.8) is 0 Å². The van der Waals surface area contributed by atoms with E-state index in [4.69, 9.17) is 0 Å². The van der Waals surface area contributed by atoms with Crippen LogP contribution in [0, 0.1) is 5.92 Å². The number of anilines is 1. The van der Waals surface area contributed by atoms with Crippen molar-refractivity contribution in [2.75, 3.05) is 24.5 Å². The van der Waals surface area contributed by atoms with Crippen LogP contribution in [-0.4, -0.2) is 57.2 Å². The number of fused-ring (bicyclic) bond motifs is 1. The van der Waals surface area contributed by atoms with Crippen LogP contribution in [0.5, 0.6) is 0 Å². The van der Waals surface area contributed by atoms with E-state index in [0.29, 0.717) is 18.9 Å². The van der Waals surface area contributed by atoms with Crippen LogP contribution in [0.25, 0.3) is 10.2 Å². The van der Waals surface area contributed by atoms with Gasteiger partial charge in [-0.3, -0.25) is 4.79 Å². The van der Waals surface area contributed by atoms with E-state index < -0.39 is 6.10 Å². The SMILES string of the molecule is CC(C)CC(O)C(=O)N1CCCC2(CCCN2c2ncnc3ccsc23)CC1. The van der Waals surface area contributed by atoms with Crippen molar-refractivity contribution in [1.82, 2.24) is 14.9 Å². The highest BCUT2D eigenvalue weighted by Gasteiger charge is 2.43. The molecule has 2 aliphatic heterocycles. The van der Waals surface area contributed by atoms with Crippen LogP contribution in [-0.2, 0) is 4.79 Å². The van der Waals surface area contributed by atoms with E-state index >= 15 is 0 Å². The summed E-state index contributed by atoms with van der Waals surface area (Å²) in [4.78, 5) is 26.2. The summed E-state index contributed by atoms with van der Waals surface area (Å²) in [5.74, 6) is 1.27. The van der Waals surface area contributed by atoms with E-state index in [1.165, 1.54) is 0 Å². The molecule has 1 spiro atoms. The molecule has 1 N–H and O–H groups in total. The van der Waals surface area contributed by atoms with Crippen molar-refractivity contribution < 1.29 is 9.90 Å². The van der Waals surface area contributed by atoms with Crippen molar-refractivity contribution in [3.05, 3.63) is 17.8 Å². The van der Waals surface area contributed by atoms with Crippen molar-refractivity contribution in [2.45, 2.75) is 64.0 Å². The average molecular weight is 403 g/mol. The first-order valence-electron chi connectivity index (χ1n) is 10.4. The Bertz CT molecular complexity index is 839. The van der Waals surface area contributed by atoms with Gasteiger partial charge in [-0.05, 0) is 55.9 Å². The molecular formula is C21H30N4O2S. The fourth-order valence-corrected chi connectivity index (χ4v) is 5.76. The van der Waals surface area contributed by atoms with Gasteiger partial charge in [-0.25, -0.2) is 9.97 Å². The minimum absolute atomic E-state index is 0.0588. The Morgan fingerprint density at radius 3 is 2.79 bits per heavy atom. The number of hydrogen-bond acceptors (Lipinski definition) is 6. The van der Waals surface area contributed by atoms with E-state index in [1.807, 2.05) is 18.7 Å². The molecule has 2 saturated heterocycles. The quantitative estimate of drug-likeness (QED) is 0.848. The van der Waals surface area contributed by atoms with Gasteiger partial charge in [-0.15, -0.1) is 11.3 Å². The summed E-state index contributed by atoms with van der Waals surface area (Å²) >= 11 is 1.70. The fraction of sp³-hybridized carbons (Fsp3) is 0.667. The van der Waals surface area contributed by atoms with Crippen molar-refractivity contribution in [3.8, 4) is 0 Å². The summed E-state index contributed by atoms with van der Waals surface area (Å²) in [5.41, 5.74) is 1.07. The average Bonchev–Trinajstić information content (AvgIpc) is 3.24. The number of aromatic nitrogens is 2. The second-order valence-corrected chi connectivity index (χ2v) is 9.55. The maximum Gasteiger partial charge on any atom is 0.251 e. The molecule has 2 atom stereocenters. The number of amides is 1. The molecule has 4 rings (SSSR count). The van der Waals surface area contributed by atoms with Crippen molar-refractivity contribution >= 4 is 33.3 Å². The van der Waals surface area contributed by atoms with Gasteiger partial charge in [0.15, 0.2) is 0 Å².